The van der Waals surface area contributed by atoms with Gasteiger partial charge in [0.1, 0.15) is 0 Å². The molecule has 1 saturated heterocycles. The zero-order valence-corrected chi connectivity index (χ0v) is 17.6. The number of nitrogens with one attached hydrogen (secondary N) is 1. The zero-order chi connectivity index (χ0) is 19.2. The first-order valence-corrected chi connectivity index (χ1v) is 10.2. The number of halogens is 1. The van der Waals surface area contributed by atoms with Crippen molar-refractivity contribution >= 4 is 40.1 Å². The molecule has 6 heteroatoms. The van der Waals surface area contributed by atoms with Crippen LogP contribution >= 0.6 is 22.6 Å². The van der Waals surface area contributed by atoms with Crippen LogP contribution in [-0.2, 0) is 16.0 Å². The van der Waals surface area contributed by atoms with E-state index in [0.717, 1.165) is 33.5 Å². The van der Waals surface area contributed by atoms with Gasteiger partial charge in [-0.2, -0.15) is 0 Å². The molecule has 0 saturated carbocycles. The third-order valence-electron chi connectivity index (χ3n) is 4.84. The number of carbonyl (C=O) groups excluding carboxylic acids is 2. The molecule has 0 spiro atoms. The van der Waals surface area contributed by atoms with E-state index in [0.29, 0.717) is 26.1 Å². The van der Waals surface area contributed by atoms with Crippen LogP contribution in [0.2, 0.25) is 0 Å². The number of hydrogen-bond acceptors (Lipinski definition) is 3. The number of nitrogens with zero attached hydrogens (tertiary/aromatic N) is 2. The van der Waals surface area contributed by atoms with Gasteiger partial charge >= 0.3 is 0 Å². The molecule has 1 aliphatic heterocycles. The smallest absolute Gasteiger partial charge is 0.238 e. The van der Waals surface area contributed by atoms with Gasteiger partial charge in [0.05, 0.1) is 18.7 Å². The highest BCUT2D eigenvalue weighted by Crippen LogP contribution is 2.17. The highest BCUT2D eigenvalue weighted by molar-refractivity contribution is 14.1. The minimum absolute atomic E-state index is 0.0150. The molecule has 0 aliphatic carbocycles. The van der Waals surface area contributed by atoms with Crippen molar-refractivity contribution in [2.24, 2.45) is 0 Å². The van der Waals surface area contributed by atoms with Crippen LogP contribution in [0.4, 0.5) is 5.69 Å². The molecule has 1 N–H and O–H groups in total. The van der Waals surface area contributed by atoms with Crippen molar-refractivity contribution in [2.75, 3.05) is 38.0 Å². The summed E-state index contributed by atoms with van der Waals surface area (Å²) in [6.45, 7) is 5.16. The molecular weight excluding hydrogens is 453 g/mol. The Bertz CT molecular complexity index is 817. The van der Waals surface area contributed by atoms with Gasteiger partial charge in [0.2, 0.25) is 11.8 Å². The third kappa shape index (κ3) is 5.52. The van der Waals surface area contributed by atoms with Crippen LogP contribution in [-0.4, -0.2) is 54.3 Å². The van der Waals surface area contributed by atoms with Crippen molar-refractivity contribution in [1.29, 1.82) is 0 Å². The Morgan fingerprint density at radius 3 is 2.37 bits per heavy atom. The van der Waals surface area contributed by atoms with Crippen LogP contribution in [0.3, 0.4) is 0 Å². The molecule has 3 rings (SSSR count). The van der Waals surface area contributed by atoms with Gasteiger partial charge in [0, 0.05) is 29.7 Å². The summed E-state index contributed by atoms with van der Waals surface area (Å²) >= 11 is 2.21. The van der Waals surface area contributed by atoms with Crippen LogP contribution in [0, 0.1) is 10.5 Å². The van der Waals surface area contributed by atoms with Gasteiger partial charge in [0.25, 0.3) is 0 Å². The lowest BCUT2D eigenvalue weighted by Gasteiger charge is -2.34. The minimum Gasteiger partial charge on any atom is -0.340 e. The summed E-state index contributed by atoms with van der Waals surface area (Å²) in [6, 6.07) is 15.7. The number of rotatable bonds is 5. The maximum absolute atomic E-state index is 12.6. The molecule has 142 valence electrons. The number of hydrogen-bond donors (Lipinski definition) is 1. The Morgan fingerprint density at radius 1 is 1.00 bits per heavy atom. The second kappa shape index (κ2) is 9.32. The summed E-state index contributed by atoms with van der Waals surface area (Å²) in [7, 11) is 0. The lowest BCUT2D eigenvalue weighted by atomic mass is 10.1. The quantitative estimate of drug-likeness (QED) is 0.675. The van der Waals surface area contributed by atoms with Crippen LogP contribution in [0.25, 0.3) is 0 Å². The molecule has 0 atom stereocenters. The Hall–Kier alpha value is -1.93. The molecular formula is C21H24IN3O2. The Morgan fingerprint density at radius 2 is 1.67 bits per heavy atom. The molecule has 1 aliphatic rings. The largest absolute Gasteiger partial charge is 0.340 e. The average molecular weight is 477 g/mol. The standard InChI is InChI=1S/C21H24IN3O2/c1-16-6-2-3-7-17(16)14-21(27)25-12-10-24(11-13-25)15-20(26)23-19-9-5-4-8-18(19)22/h2-9H,10-15H2,1H3,(H,23,26). The monoisotopic (exact) mass is 477 g/mol. The molecule has 2 aromatic rings. The lowest BCUT2D eigenvalue weighted by Crippen LogP contribution is -2.50. The summed E-state index contributed by atoms with van der Waals surface area (Å²) in [4.78, 5) is 28.8. The molecule has 1 heterocycles. The lowest BCUT2D eigenvalue weighted by molar-refractivity contribution is -0.132. The van der Waals surface area contributed by atoms with E-state index < -0.39 is 0 Å². The number of amides is 2. The van der Waals surface area contributed by atoms with Crippen LogP contribution < -0.4 is 5.32 Å². The van der Waals surface area contributed by atoms with Crippen LogP contribution in [0.5, 0.6) is 0 Å². The van der Waals surface area contributed by atoms with Crippen molar-refractivity contribution in [3.8, 4) is 0 Å². The number of piperazine rings is 1. The fourth-order valence-electron chi connectivity index (χ4n) is 3.19. The van der Waals surface area contributed by atoms with Gasteiger partial charge in [-0.25, -0.2) is 0 Å². The number of anilines is 1. The van der Waals surface area contributed by atoms with E-state index in [1.165, 1.54) is 0 Å². The van der Waals surface area contributed by atoms with Crippen molar-refractivity contribution in [1.82, 2.24) is 9.80 Å². The second-order valence-electron chi connectivity index (χ2n) is 6.79. The Kier molecular flexibility index (Phi) is 6.84. The summed E-state index contributed by atoms with van der Waals surface area (Å²) in [6.07, 6.45) is 0.444. The van der Waals surface area contributed by atoms with E-state index in [9.17, 15) is 9.59 Å². The Labute approximate surface area is 173 Å². The molecule has 5 nitrogen and oxygen atoms in total. The first kappa shape index (κ1) is 19.8. The van der Waals surface area contributed by atoms with Crippen molar-refractivity contribution in [3.05, 3.63) is 63.2 Å². The topological polar surface area (TPSA) is 52.7 Å². The number of benzene rings is 2. The van der Waals surface area contributed by atoms with Crippen LogP contribution in [0.15, 0.2) is 48.5 Å². The third-order valence-corrected chi connectivity index (χ3v) is 5.78. The molecule has 27 heavy (non-hydrogen) atoms. The first-order chi connectivity index (χ1) is 13.0. The van der Waals surface area contributed by atoms with Gasteiger partial charge in [-0.3, -0.25) is 14.5 Å². The van der Waals surface area contributed by atoms with Gasteiger partial charge in [-0.05, 0) is 52.8 Å². The van der Waals surface area contributed by atoms with Gasteiger partial charge in [-0.15, -0.1) is 0 Å². The number of aryl methyl sites for hydroxylation is 1. The van der Waals surface area contributed by atoms with E-state index in [1.807, 2.05) is 60.4 Å². The predicted octanol–water partition coefficient (Wildman–Crippen LogP) is 2.93. The Balaban J connectivity index is 1.46. The zero-order valence-electron chi connectivity index (χ0n) is 15.5. The van der Waals surface area contributed by atoms with E-state index in [-0.39, 0.29) is 11.8 Å². The van der Waals surface area contributed by atoms with E-state index in [2.05, 4.69) is 32.8 Å². The first-order valence-electron chi connectivity index (χ1n) is 9.12. The molecule has 0 radical (unpaired) electrons. The highest BCUT2D eigenvalue weighted by atomic mass is 127. The van der Waals surface area contributed by atoms with Crippen molar-refractivity contribution in [2.45, 2.75) is 13.3 Å². The number of carbonyl (C=O) groups is 2. The highest BCUT2D eigenvalue weighted by Gasteiger charge is 2.22. The fraction of sp³-hybridized carbons (Fsp3) is 0.333. The van der Waals surface area contributed by atoms with E-state index >= 15 is 0 Å². The minimum atomic E-state index is -0.0150. The fourth-order valence-corrected chi connectivity index (χ4v) is 3.72. The number of para-hydroxylation sites is 1. The van der Waals surface area contributed by atoms with Gasteiger partial charge in [0.15, 0.2) is 0 Å². The SMILES string of the molecule is Cc1ccccc1CC(=O)N1CCN(CC(=O)Nc2ccccc2I)CC1. The van der Waals surface area contributed by atoms with E-state index in [1.54, 1.807) is 0 Å². The molecule has 2 aromatic carbocycles. The van der Waals surface area contributed by atoms with Crippen molar-refractivity contribution < 1.29 is 9.59 Å². The predicted molar refractivity (Wildman–Crippen MR) is 116 cm³/mol. The maximum Gasteiger partial charge on any atom is 0.238 e. The van der Waals surface area contributed by atoms with E-state index in [4.69, 9.17) is 0 Å². The molecule has 2 amide bonds. The van der Waals surface area contributed by atoms with Crippen LogP contribution in [0.1, 0.15) is 11.1 Å². The summed E-state index contributed by atoms with van der Waals surface area (Å²) in [5.74, 6) is 0.144. The van der Waals surface area contributed by atoms with Crippen molar-refractivity contribution in [3.63, 3.8) is 0 Å². The average Bonchev–Trinajstić information content (AvgIpc) is 2.66. The summed E-state index contributed by atoms with van der Waals surface area (Å²) in [5.41, 5.74) is 3.08. The molecule has 0 aromatic heterocycles. The summed E-state index contributed by atoms with van der Waals surface area (Å²) in [5, 5.41) is 2.96. The molecule has 0 unspecified atom stereocenters. The molecule has 1 fully saturated rings. The molecule has 0 bridgehead atoms. The van der Waals surface area contributed by atoms with Gasteiger partial charge < -0.3 is 10.2 Å². The van der Waals surface area contributed by atoms with Gasteiger partial charge in [-0.1, -0.05) is 36.4 Å². The normalized spacial score (nSPS) is 14.8. The maximum atomic E-state index is 12.6. The second-order valence-corrected chi connectivity index (χ2v) is 7.95. The summed E-state index contributed by atoms with van der Waals surface area (Å²) < 4.78 is 1.02.